The lowest BCUT2D eigenvalue weighted by atomic mass is 10.1. The van der Waals surface area contributed by atoms with Crippen molar-refractivity contribution in [2.24, 2.45) is 5.10 Å². The first-order chi connectivity index (χ1) is 16.6. The molecule has 0 spiro atoms. The number of aromatic nitrogens is 4. The van der Waals surface area contributed by atoms with Crippen LogP contribution in [0.15, 0.2) is 84.0 Å². The average Bonchev–Trinajstić information content (AvgIpc) is 3.33. The summed E-state index contributed by atoms with van der Waals surface area (Å²) < 4.78 is 5.89. The van der Waals surface area contributed by atoms with Crippen LogP contribution in [0.5, 0.6) is 0 Å². The van der Waals surface area contributed by atoms with Crippen molar-refractivity contribution in [1.29, 1.82) is 0 Å². The predicted octanol–water partition coefficient (Wildman–Crippen LogP) is 4.56. The van der Waals surface area contributed by atoms with Gasteiger partial charge in [0.05, 0.1) is 12.8 Å². The number of benzene rings is 3. The van der Waals surface area contributed by atoms with E-state index in [1.165, 1.54) is 11.0 Å². The summed E-state index contributed by atoms with van der Waals surface area (Å²) in [6, 6.07) is 23.8. The summed E-state index contributed by atoms with van der Waals surface area (Å²) in [4.78, 5) is 13.7. The first kappa shape index (κ1) is 23.6. The maximum Gasteiger partial charge on any atom is 0.266 e. The van der Waals surface area contributed by atoms with Crippen LogP contribution in [-0.4, -0.2) is 38.9 Å². The smallest absolute Gasteiger partial charge is 0.266 e. The number of hydrogen-bond acceptors (Lipinski definition) is 6. The first-order valence-electron chi connectivity index (χ1n) is 10.3. The Morgan fingerprint density at radius 2 is 1.68 bits per heavy atom. The molecule has 10 heteroatoms. The van der Waals surface area contributed by atoms with Crippen LogP contribution in [0.4, 0.5) is 0 Å². The number of hydrogen-bond donors (Lipinski definition) is 1. The average molecular weight is 495 g/mol. The van der Waals surface area contributed by atoms with E-state index in [9.17, 15) is 4.79 Å². The largest absolute Gasteiger partial charge is 0.362 e. The van der Waals surface area contributed by atoms with E-state index in [2.05, 4.69) is 25.9 Å². The molecule has 4 aromatic rings. The zero-order chi connectivity index (χ0) is 23.8. The number of rotatable bonds is 9. The Labute approximate surface area is 206 Å². The van der Waals surface area contributed by atoms with Crippen LogP contribution in [0.1, 0.15) is 17.2 Å². The van der Waals surface area contributed by atoms with Crippen LogP contribution >= 0.6 is 23.2 Å². The van der Waals surface area contributed by atoms with Gasteiger partial charge in [0.1, 0.15) is 12.7 Å². The molecule has 1 unspecified atom stereocenters. The Hall–Kier alpha value is -3.59. The van der Waals surface area contributed by atoms with E-state index in [4.69, 9.17) is 27.9 Å². The van der Waals surface area contributed by atoms with Crippen molar-refractivity contribution in [3.8, 4) is 11.4 Å². The lowest BCUT2D eigenvalue weighted by molar-refractivity contribution is -0.128. The number of nitrogens with one attached hydrogen (secondary N) is 1. The summed E-state index contributed by atoms with van der Waals surface area (Å²) in [6.07, 6.45) is 1.01. The maximum absolute atomic E-state index is 12.3. The number of carbonyl (C=O) groups excluding carboxylic acids is 1. The lowest BCUT2D eigenvalue weighted by Crippen LogP contribution is -2.26. The molecule has 0 saturated heterocycles. The number of nitrogens with zero attached hydrogens (tertiary/aromatic N) is 5. The summed E-state index contributed by atoms with van der Waals surface area (Å²) in [5, 5.41) is 17.9. The number of tetrazole rings is 1. The zero-order valence-corrected chi connectivity index (χ0v) is 19.4. The van der Waals surface area contributed by atoms with E-state index in [0.29, 0.717) is 15.9 Å². The van der Waals surface area contributed by atoms with E-state index < -0.39 is 12.0 Å². The Bertz CT molecular complexity index is 1240. The van der Waals surface area contributed by atoms with Crippen molar-refractivity contribution in [2.45, 2.75) is 12.6 Å². The summed E-state index contributed by atoms with van der Waals surface area (Å²) in [7, 11) is 0. The minimum Gasteiger partial charge on any atom is -0.362 e. The van der Waals surface area contributed by atoms with Gasteiger partial charge in [0.2, 0.25) is 5.82 Å². The Morgan fingerprint density at radius 3 is 2.38 bits per heavy atom. The second kappa shape index (κ2) is 11.5. The van der Waals surface area contributed by atoms with Gasteiger partial charge in [-0.15, -0.1) is 10.2 Å². The van der Waals surface area contributed by atoms with Crippen LogP contribution in [0.25, 0.3) is 11.4 Å². The highest BCUT2D eigenvalue weighted by Crippen LogP contribution is 2.22. The molecule has 34 heavy (non-hydrogen) atoms. The third-order valence-electron chi connectivity index (χ3n) is 4.74. The van der Waals surface area contributed by atoms with Crippen molar-refractivity contribution in [1.82, 2.24) is 25.6 Å². The van der Waals surface area contributed by atoms with Gasteiger partial charge in [0.15, 0.2) is 0 Å². The third-order valence-corrected chi connectivity index (χ3v) is 5.25. The number of amides is 1. The first-order valence-corrected chi connectivity index (χ1v) is 11.1. The molecule has 172 valence electrons. The monoisotopic (exact) mass is 494 g/mol. The Kier molecular flexibility index (Phi) is 7.98. The van der Waals surface area contributed by atoms with Gasteiger partial charge in [-0.3, -0.25) is 4.79 Å². The van der Waals surface area contributed by atoms with Gasteiger partial charge in [-0.25, -0.2) is 5.43 Å². The van der Waals surface area contributed by atoms with Crippen molar-refractivity contribution in [2.75, 3.05) is 6.61 Å². The van der Waals surface area contributed by atoms with Crippen LogP contribution in [-0.2, 0) is 16.1 Å². The standard InChI is InChI=1S/C24H20Cl2N6O2/c25-20-10-6-17(7-11-20)14-27-28-23(33)16-34-22(18-8-12-21(26)13-9-18)15-32-30-24(29-31-32)19-4-2-1-3-5-19/h1-14,22H,15-16H2,(H,28,33)/b27-14+. The fourth-order valence-corrected chi connectivity index (χ4v) is 3.29. The number of ether oxygens (including phenoxy) is 1. The zero-order valence-electron chi connectivity index (χ0n) is 17.9. The molecule has 0 aliphatic heterocycles. The van der Waals surface area contributed by atoms with Crippen molar-refractivity contribution < 1.29 is 9.53 Å². The van der Waals surface area contributed by atoms with Gasteiger partial charge in [-0.05, 0) is 40.6 Å². The molecule has 0 aliphatic rings. The summed E-state index contributed by atoms with van der Waals surface area (Å²) in [6.45, 7) is 0.0360. The molecule has 0 bridgehead atoms. The minimum absolute atomic E-state index is 0.217. The number of halogens is 2. The Morgan fingerprint density at radius 1 is 1.00 bits per heavy atom. The molecule has 0 fully saturated rings. The van der Waals surface area contributed by atoms with Crippen molar-refractivity contribution in [3.63, 3.8) is 0 Å². The predicted molar refractivity (Wildman–Crippen MR) is 131 cm³/mol. The van der Waals surface area contributed by atoms with Crippen LogP contribution in [0.2, 0.25) is 10.0 Å². The van der Waals surface area contributed by atoms with Gasteiger partial charge < -0.3 is 4.74 Å². The number of carbonyl (C=O) groups is 1. The molecule has 1 heterocycles. The highest BCUT2D eigenvalue weighted by atomic mass is 35.5. The van der Waals surface area contributed by atoms with Crippen LogP contribution < -0.4 is 5.43 Å². The second-order valence-corrected chi connectivity index (χ2v) is 8.10. The van der Waals surface area contributed by atoms with E-state index in [1.54, 1.807) is 36.4 Å². The van der Waals surface area contributed by atoms with Crippen LogP contribution in [0.3, 0.4) is 0 Å². The Balaban J connectivity index is 1.40. The molecular weight excluding hydrogens is 475 g/mol. The summed E-state index contributed by atoms with van der Waals surface area (Å²) in [5.74, 6) is 0.102. The second-order valence-electron chi connectivity index (χ2n) is 7.23. The van der Waals surface area contributed by atoms with Crippen molar-refractivity contribution in [3.05, 3.63) is 100 Å². The van der Waals surface area contributed by atoms with Crippen LogP contribution in [0, 0.1) is 0 Å². The normalized spacial score (nSPS) is 12.1. The molecule has 1 N–H and O–H groups in total. The molecule has 3 aromatic carbocycles. The molecule has 4 rings (SSSR count). The summed E-state index contributed by atoms with van der Waals surface area (Å²) >= 11 is 11.9. The molecule has 1 amide bonds. The minimum atomic E-state index is -0.513. The highest BCUT2D eigenvalue weighted by molar-refractivity contribution is 6.30. The van der Waals surface area contributed by atoms with Gasteiger partial charge >= 0.3 is 0 Å². The fourth-order valence-electron chi connectivity index (χ4n) is 3.04. The molecule has 8 nitrogen and oxygen atoms in total. The van der Waals surface area contributed by atoms with E-state index in [0.717, 1.165) is 16.7 Å². The van der Waals surface area contributed by atoms with Gasteiger partial charge in [-0.2, -0.15) is 9.90 Å². The van der Waals surface area contributed by atoms with Crippen molar-refractivity contribution >= 4 is 35.3 Å². The van der Waals surface area contributed by atoms with E-state index >= 15 is 0 Å². The maximum atomic E-state index is 12.3. The van der Waals surface area contributed by atoms with E-state index in [-0.39, 0.29) is 13.2 Å². The third kappa shape index (κ3) is 6.71. The number of hydrazone groups is 1. The van der Waals surface area contributed by atoms with Gasteiger partial charge in [0.25, 0.3) is 5.91 Å². The van der Waals surface area contributed by atoms with Gasteiger partial charge in [0, 0.05) is 15.6 Å². The topological polar surface area (TPSA) is 94.3 Å². The molecule has 1 atom stereocenters. The molecule has 0 radical (unpaired) electrons. The fraction of sp³-hybridized carbons (Fsp3) is 0.125. The molecule has 1 aromatic heterocycles. The SMILES string of the molecule is O=C(COC(Cn1nnc(-c2ccccc2)n1)c1ccc(Cl)cc1)N/N=C/c1ccc(Cl)cc1. The van der Waals surface area contributed by atoms with Gasteiger partial charge in [-0.1, -0.05) is 77.8 Å². The van der Waals surface area contributed by atoms with E-state index in [1.807, 2.05) is 42.5 Å². The molecule has 0 aliphatic carbocycles. The highest BCUT2D eigenvalue weighted by Gasteiger charge is 2.17. The quantitative estimate of drug-likeness (QED) is 0.272. The lowest BCUT2D eigenvalue weighted by Gasteiger charge is -2.17. The summed E-state index contributed by atoms with van der Waals surface area (Å²) in [5.41, 5.74) is 4.93. The molecule has 0 saturated carbocycles. The molecular formula is C24H20Cl2N6O2.